The van der Waals surface area contributed by atoms with Crippen LogP contribution >= 0.6 is 0 Å². The van der Waals surface area contributed by atoms with E-state index in [2.05, 4.69) is 6.58 Å². The normalized spacial score (nSPS) is 13.3. The summed E-state index contributed by atoms with van der Waals surface area (Å²) in [5, 5.41) is 0. The van der Waals surface area contributed by atoms with Gasteiger partial charge < -0.3 is 5.73 Å². The van der Waals surface area contributed by atoms with E-state index >= 15 is 0 Å². The number of hydrogen-bond acceptors (Lipinski definition) is 1. The van der Waals surface area contributed by atoms with Gasteiger partial charge in [-0.05, 0) is 37.0 Å². The van der Waals surface area contributed by atoms with Crippen molar-refractivity contribution < 1.29 is 13.2 Å². The lowest BCUT2D eigenvalue weighted by molar-refractivity contribution is -0.137. The van der Waals surface area contributed by atoms with E-state index in [-0.39, 0.29) is 6.04 Å². The number of halogens is 3. The van der Waals surface area contributed by atoms with Crippen molar-refractivity contribution in [3.05, 3.63) is 48.0 Å². The molecule has 1 unspecified atom stereocenters. The molecule has 0 bridgehead atoms. The summed E-state index contributed by atoms with van der Waals surface area (Å²) < 4.78 is 37.7. The van der Waals surface area contributed by atoms with E-state index in [0.29, 0.717) is 12.0 Å². The molecule has 1 atom stereocenters. The molecule has 0 aliphatic rings. The molecule has 0 amide bonds. The molecule has 0 saturated heterocycles. The van der Waals surface area contributed by atoms with Crippen LogP contribution in [0, 0.1) is 0 Å². The highest BCUT2D eigenvalue weighted by Crippen LogP contribution is 2.31. The number of nitrogens with two attached hydrogens (primary N) is 1. The van der Waals surface area contributed by atoms with Crippen LogP contribution in [0.3, 0.4) is 0 Å². The Morgan fingerprint density at radius 3 is 2.58 bits per heavy atom. The molecule has 2 N–H and O–H groups in total. The van der Waals surface area contributed by atoms with Gasteiger partial charge >= 0.3 is 6.18 Å². The first-order valence-electron chi connectivity index (χ1n) is 6.49. The molecule has 0 fully saturated rings. The Morgan fingerprint density at radius 2 is 1.95 bits per heavy atom. The molecule has 1 aromatic carbocycles. The topological polar surface area (TPSA) is 26.0 Å². The average molecular weight is 271 g/mol. The van der Waals surface area contributed by atoms with Crippen LogP contribution in [-0.4, -0.2) is 0 Å². The van der Waals surface area contributed by atoms with Crippen molar-refractivity contribution in [3.8, 4) is 0 Å². The molecule has 0 radical (unpaired) electrons. The molecule has 0 spiro atoms. The molecule has 1 rings (SSSR count). The fourth-order valence-corrected chi connectivity index (χ4v) is 1.94. The third-order valence-corrected chi connectivity index (χ3v) is 3.07. The highest BCUT2D eigenvalue weighted by atomic mass is 19.4. The molecule has 4 heteroatoms. The number of unbranched alkanes of at least 4 members (excludes halogenated alkanes) is 3. The predicted molar refractivity (Wildman–Crippen MR) is 71.7 cm³/mol. The summed E-state index contributed by atoms with van der Waals surface area (Å²) >= 11 is 0. The summed E-state index contributed by atoms with van der Waals surface area (Å²) in [5.74, 6) is 0. The van der Waals surface area contributed by atoms with Gasteiger partial charge in [0.15, 0.2) is 0 Å². The second kappa shape index (κ2) is 7.34. The number of allylic oxidation sites excluding steroid dienone is 1. The minimum atomic E-state index is -4.31. The molecule has 19 heavy (non-hydrogen) atoms. The van der Waals surface area contributed by atoms with Crippen molar-refractivity contribution in [1.29, 1.82) is 0 Å². The van der Waals surface area contributed by atoms with Gasteiger partial charge in [-0.1, -0.05) is 31.1 Å². The van der Waals surface area contributed by atoms with Crippen molar-refractivity contribution >= 4 is 0 Å². The van der Waals surface area contributed by atoms with Crippen LogP contribution in [0.2, 0.25) is 0 Å². The van der Waals surface area contributed by atoms with E-state index in [0.717, 1.165) is 37.8 Å². The molecule has 0 heterocycles. The van der Waals surface area contributed by atoms with E-state index in [1.807, 2.05) is 6.08 Å². The first-order chi connectivity index (χ1) is 8.95. The van der Waals surface area contributed by atoms with Crippen LogP contribution in [0.1, 0.15) is 49.3 Å². The number of rotatable bonds is 7. The van der Waals surface area contributed by atoms with Gasteiger partial charge in [0.25, 0.3) is 0 Å². The minimum Gasteiger partial charge on any atom is -0.324 e. The maximum atomic E-state index is 12.6. The first-order valence-corrected chi connectivity index (χ1v) is 6.49. The van der Waals surface area contributed by atoms with Gasteiger partial charge in [0.1, 0.15) is 0 Å². The third-order valence-electron chi connectivity index (χ3n) is 3.07. The Bertz CT molecular complexity index is 399. The maximum absolute atomic E-state index is 12.6. The molecule has 1 aromatic rings. The third kappa shape index (κ3) is 5.47. The number of benzene rings is 1. The highest BCUT2D eigenvalue weighted by Gasteiger charge is 2.30. The summed E-state index contributed by atoms with van der Waals surface area (Å²) in [4.78, 5) is 0. The highest BCUT2D eigenvalue weighted by molar-refractivity contribution is 5.27. The zero-order chi connectivity index (χ0) is 14.3. The van der Waals surface area contributed by atoms with E-state index in [1.54, 1.807) is 6.07 Å². The summed E-state index contributed by atoms with van der Waals surface area (Å²) in [6, 6.07) is 4.96. The Labute approximate surface area is 112 Å². The molecule has 0 aromatic heterocycles. The summed E-state index contributed by atoms with van der Waals surface area (Å²) in [7, 11) is 0. The maximum Gasteiger partial charge on any atom is 0.416 e. The van der Waals surface area contributed by atoms with Crippen LogP contribution in [-0.2, 0) is 6.18 Å². The molecule has 0 aliphatic heterocycles. The average Bonchev–Trinajstić information content (AvgIpc) is 2.37. The van der Waals surface area contributed by atoms with E-state index in [9.17, 15) is 13.2 Å². The zero-order valence-electron chi connectivity index (χ0n) is 10.9. The van der Waals surface area contributed by atoms with Gasteiger partial charge in [-0.2, -0.15) is 13.2 Å². The van der Waals surface area contributed by atoms with Gasteiger partial charge in [0.05, 0.1) is 5.56 Å². The molecule has 0 saturated carbocycles. The van der Waals surface area contributed by atoms with Gasteiger partial charge in [0, 0.05) is 6.04 Å². The van der Waals surface area contributed by atoms with Crippen LogP contribution in [0.15, 0.2) is 36.9 Å². The quantitative estimate of drug-likeness (QED) is 0.557. The van der Waals surface area contributed by atoms with Gasteiger partial charge in [-0.15, -0.1) is 6.58 Å². The zero-order valence-corrected chi connectivity index (χ0v) is 10.9. The Kier molecular flexibility index (Phi) is 6.09. The largest absolute Gasteiger partial charge is 0.416 e. The SMILES string of the molecule is C=CCCCCCC(N)c1cccc(C(F)(F)F)c1. The van der Waals surface area contributed by atoms with Crippen LogP contribution < -0.4 is 5.73 Å². The number of alkyl halides is 3. The monoisotopic (exact) mass is 271 g/mol. The van der Waals surface area contributed by atoms with Crippen molar-refractivity contribution in [3.63, 3.8) is 0 Å². The minimum absolute atomic E-state index is 0.328. The van der Waals surface area contributed by atoms with Crippen LogP contribution in [0.4, 0.5) is 13.2 Å². The lowest BCUT2D eigenvalue weighted by Gasteiger charge is -2.14. The smallest absolute Gasteiger partial charge is 0.324 e. The van der Waals surface area contributed by atoms with Crippen LogP contribution in [0.5, 0.6) is 0 Å². The lowest BCUT2D eigenvalue weighted by atomic mass is 9.99. The van der Waals surface area contributed by atoms with Crippen molar-refractivity contribution in [2.45, 2.75) is 44.3 Å². The van der Waals surface area contributed by atoms with Crippen molar-refractivity contribution in [2.75, 3.05) is 0 Å². The molecular formula is C15H20F3N. The summed E-state index contributed by atoms with van der Waals surface area (Å²) in [6.07, 6.45) is 2.24. The van der Waals surface area contributed by atoms with E-state index in [1.165, 1.54) is 6.07 Å². The van der Waals surface area contributed by atoms with E-state index < -0.39 is 11.7 Å². The second-order valence-electron chi connectivity index (χ2n) is 4.66. The Morgan fingerprint density at radius 1 is 1.21 bits per heavy atom. The van der Waals surface area contributed by atoms with E-state index in [4.69, 9.17) is 5.73 Å². The standard InChI is InChI=1S/C15H20F3N/c1-2-3-4-5-6-10-14(19)12-8-7-9-13(11-12)15(16,17)18/h2,7-9,11,14H,1,3-6,10,19H2. The second-order valence-corrected chi connectivity index (χ2v) is 4.66. The van der Waals surface area contributed by atoms with Crippen LogP contribution in [0.25, 0.3) is 0 Å². The first kappa shape index (κ1) is 15.8. The van der Waals surface area contributed by atoms with Gasteiger partial charge in [0.2, 0.25) is 0 Å². The van der Waals surface area contributed by atoms with Crippen molar-refractivity contribution in [1.82, 2.24) is 0 Å². The fraction of sp³-hybridized carbons (Fsp3) is 0.467. The number of hydrogen-bond donors (Lipinski definition) is 1. The lowest BCUT2D eigenvalue weighted by Crippen LogP contribution is -2.12. The fourth-order valence-electron chi connectivity index (χ4n) is 1.94. The van der Waals surface area contributed by atoms with Gasteiger partial charge in [-0.25, -0.2) is 0 Å². The summed E-state index contributed by atoms with van der Waals surface area (Å²) in [6.45, 7) is 3.64. The van der Waals surface area contributed by atoms with Crippen molar-refractivity contribution in [2.24, 2.45) is 5.73 Å². The van der Waals surface area contributed by atoms with Gasteiger partial charge in [-0.3, -0.25) is 0 Å². The predicted octanol–water partition coefficient (Wildman–Crippen LogP) is 4.84. The molecule has 0 aliphatic carbocycles. The Hall–Kier alpha value is -1.29. The molecule has 1 nitrogen and oxygen atoms in total. The molecule has 106 valence electrons. The molecular weight excluding hydrogens is 251 g/mol. The summed E-state index contributed by atoms with van der Waals surface area (Å²) in [5.41, 5.74) is 5.86. The Balaban J connectivity index is 2.52.